The fourth-order valence-corrected chi connectivity index (χ4v) is 5.39. The van der Waals surface area contributed by atoms with E-state index in [1.54, 1.807) is 10.9 Å². The molecule has 0 unspecified atom stereocenters. The number of thiocarbonyl (C=S) groups is 1. The highest BCUT2D eigenvalue weighted by atomic mass is 32.1. The molecular formula is C30H34N8O4S. The first-order chi connectivity index (χ1) is 20.7. The first kappa shape index (κ1) is 29.9. The third kappa shape index (κ3) is 6.42. The van der Waals surface area contributed by atoms with Gasteiger partial charge in [-0.2, -0.15) is 4.80 Å². The lowest BCUT2D eigenvalue weighted by Gasteiger charge is -2.30. The van der Waals surface area contributed by atoms with Crippen LogP contribution in [0.1, 0.15) is 35.3 Å². The number of hydrogen-bond acceptors (Lipinski definition) is 9. The molecule has 0 bridgehead atoms. The summed E-state index contributed by atoms with van der Waals surface area (Å²) in [5.41, 5.74) is 6.56. The number of ether oxygens (including phenoxy) is 1. The number of non-ortho nitro benzene ring substituents is 1. The summed E-state index contributed by atoms with van der Waals surface area (Å²) in [7, 11) is 0. The number of nitro groups is 1. The molecule has 4 aromatic rings. The van der Waals surface area contributed by atoms with Crippen molar-refractivity contribution in [3.8, 4) is 5.69 Å². The number of carbonyl (C=O) groups excluding carboxylic acids is 1. The van der Waals surface area contributed by atoms with Crippen LogP contribution in [0.2, 0.25) is 0 Å². The van der Waals surface area contributed by atoms with E-state index < -0.39 is 10.8 Å². The van der Waals surface area contributed by atoms with Crippen molar-refractivity contribution in [1.82, 2.24) is 20.3 Å². The van der Waals surface area contributed by atoms with Crippen molar-refractivity contribution in [2.45, 2.75) is 27.7 Å². The van der Waals surface area contributed by atoms with E-state index in [2.05, 4.69) is 41.5 Å². The van der Waals surface area contributed by atoms with Crippen molar-refractivity contribution in [1.29, 1.82) is 0 Å². The Balaban J connectivity index is 1.35. The van der Waals surface area contributed by atoms with Gasteiger partial charge in [0.05, 0.1) is 35.1 Å². The van der Waals surface area contributed by atoms with E-state index in [0.717, 1.165) is 41.1 Å². The Hall–Kier alpha value is -4.62. The number of nitro benzene ring substituents is 1. The number of anilines is 3. The van der Waals surface area contributed by atoms with Crippen LogP contribution in [-0.2, 0) is 4.74 Å². The summed E-state index contributed by atoms with van der Waals surface area (Å²) in [6.07, 6.45) is 0. The van der Waals surface area contributed by atoms with Crippen LogP contribution < -0.4 is 20.4 Å². The van der Waals surface area contributed by atoms with Gasteiger partial charge in [-0.15, -0.1) is 10.2 Å². The molecule has 2 heterocycles. The predicted molar refractivity (Wildman–Crippen MR) is 172 cm³/mol. The maximum atomic E-state index is 13.3. The van der Waals surface area contributed by atoms with Crippen LogP contribution in [0.25, 0.3) is 16.7 Å². The Morgan fingerprint density at radius 3 is 2.33 bits per heavy atom. The van der Waals surface area contributed by atoms with Gasteiger partial charge in [0.2, 0.25) is 0 Å². The van der Waals surface area contributed by atoms with E-state index in [9.17, 15) is 14.9 Å². The molecule has 1 amide bonds. The Kier molecular flexibility index (Phi) is 8.83. The molecule has 0 atom stereocenters. The summed E-state index contributed by atoms with van der Waals surface area (Å²) in [6, 6.07) is 14.2. The second-order valence-electron chi connectivity index (χ2n) is 10.3. The maximum Gasteiger partial charge on any atom is 0.270 e. The Morgan fingerprint density at radius 2 is 1.67 bits per heavy atom. The van der Waals surface area contributed by atoms with E-state index in [4.69, 9.17) is 27.2 Å². The van der Waals surface area contributed by atoms with Crippen LogP contribution in [0.4, 0.5) is 22.7 Å². The van der Waals surface area contributed by atoms with Gasteiger partial charge in [-0.05, 0) is 87.4 Å². The van der Waals surface area contributed by atoms with E-state index in [-0.39, 0.29) is 16.4 Å². The zero-order chi connectivity index (χ0) is 30.7. The first-order valence-corrected chi connectivity index (χ1v) is 14.6. The van der Waals surface area contributed by atoms with Crippen molar-refractivity contribution in [2.24, 2.45) is 0 Å². The number of fused-ring (bicyclic) bond motifs is 1. The van der Waals surface area contributed by atoms with Crippen LogP contribution >= 0.6 is 12.2 Å². The van der Waals surface area contributed by atoms with Crippen molar-refractivity contribution in [2.75, 3.05) is 54.5 Å². The molecule has 0 saturated carbocycles. The van der Waals surface area contributed by atoms with Crippen LogP contribution in [0, 0.1) is 24.0 Å². The first-order valence-electron chi connectivity index (χ1n) is 14.2. The molecular weight excluding hydrogens is 568 g/mol. The molecule has 1 aromatic heterocycles. The number of hydrogen-bond donors (Lipinski definition) is 2. The van der Waals surface area contributed by atoms with Crippen molar-refractivity contribution >= 4 is 57.0 Å². The van der Waals surface area contributed by atoms with Crippen molar-refractivity contribution in [3.63, 3.8) is 0 Å². The zero-order valence-corrected chi connectivity index (χ0v) is 25.4. The fraction of sp³-hybridized carbons (Fsp3) is 0.333. The third-order valence-corrected chi connectivity index (χ3v) is 7.72. The molecule has 1 aliphatic heterocycles. The van der Waals surface area contributed by atoms with Gasteiger partial charge >= 0.3 is 0 Å². The summed E-state index contributed by atoms with van der Waals surface area (Å²) < 4.78 is 5.42. The highest BCUT2D eigenvalue weighted by Gasteiger charge is 2.23. The molecule has 1 saturated heterocycles. The molecule has 0 aliphatic carbocycles. The normalized spacial score (nSPS) is 13.2. The number of morpholine rings is 1. The van der Waals surface area contributed by atoms with E-state index in [1.165, 1.54) is 12.1 Å². The minimum Gasteiger partial charge on any atom is -0.378 e. The highest BCUT2D eigenvalue weighted by molar-refractivity contribution is 7.80. The highest BCUT2D eigenvalue weighted by Crippen LogP contribution is 2.28. The number of benzene rings is 3. The lowest BCUT2D eigenvalue weighted by molar-refractivity contribution is -0.384. The lowest BCUT2D eigenvalue weighted by Crippen LogP contribution is -2.39. The van der Waals surface area contributed by atoms with Gasteiger partial charge in [0.25, 0.3) is 11.6 Å². The Bertz CT molecular complexity index is 1700. The quantitative estimate of drug-likeness (QED) is 0.165. The molecule has 12 nitrogen and oxygen atoms in total. The fourth-order valence-electron chi connectivity index (χ4n) is 5.18. The number of carbonyl (C=O) groups is 1. The summed E-state index contributed by atoms with van der Waals surface area (Å²) in [5, 5.41) is 26.7. The van der Waals surface area contributed by atoms with E-state index >= 15 is 0 Å². The number of rotatable bonds is 8. The maximum absolute atomic E-state index is 13.3. The topological polar surface area (TPSA) is 131 Å². The number of aryl methyl sites for hydroxylation is 2. The molecule has 5 rings (SSSR count). The van der Waals surface area contributed by atoms with Gasteiger partial charge in [-0.3, -0.25) is 20.2 Å². The van der Waals surface area contributed by atoms with E-state index in [0.29, 0.717) is 43.2 Å². The molecule has 0 radical (unpaired) electrons. The Labute approximate surface area is 254 Å². The smallest absolute Gasteiger partial charge is 0.270 e. The SMILES string of the molecule is CCN(CC)c1ccc(-n2nc3cc(C)c(NC(=S)NC(=O)c4cc([N+](=O)[O-])ccc4N4CCOCC4)cc3n2)c(C)c1. The predicted octanol–water partition coefficient (Wildman–Crippen LogP) is 4.76. The number of amides is 1. The summed E-state index contributed by atoms with van der Waals surface area (Å²) in [6.45, 7) is 12.2. The molecule has 3 aromatic carbocycles. The lowest BCUT2D eigenvalue weighted by atomic mass is 10.1. The van der Waals surface area contributed by atoms with Crippen molar-refractivity contribution < 1.29 is 14.5 Å². The minimum atomic E-state index is -0.545. The number of aromatic nitrogens is 3. The molecule has 43 heavy (non-hydrogen) atoms. The standard InChI is InChI=1S/C30H34N8O4S/c1-5-35(6-2)21-7-9-27(20(4)15-21)37-33-25-16-19(3)24(18-26(25)34-37)31-30(43)32-29(39)23-17-22(38(40)41)8-10-28(23)36-11-13-42-14-12-36/h7-10,15-18H,5-6,11-14H2,1-4H3,(H2,31,32,39,43). The monoisotopic (exact) mass is 602 g/mol. The van der Waals surface area contributed by atoms with Crippen LogP contribution in [0.15, 0.2) is 48.5 Å². The largest absolute Gasteiger partial charge is 0.378 e. The summed E-state index contributed by atoms with van der Waals surface area (Å²) >= 11 is 5.47. The van der Waals surface area contributed by atoms with Gasteiger partial charge in [-0.1, -0.05) is 0 Å². The van der Waals surface area contributed by atoms with Crippen LogP contribution in [-0.4, -0.2) is 70.3 Å². The Morgan fingerprint density at radius 1 is 1.00 bits per heavy atom. The van der Waals surface area contributed by atoms with Crippen molar-refractivity contribution in [3.05, 3.63) is 75.3 Å². The average Bonchev–Trinajstić information content (AvgIpc) is 3.40. The van der Waals surface area contributed by atoms with Gasteiger partial charge < -0.3 is 19.9 Å². The van der Waals surface area contributed by atoms with Crippen LogP contribution in [0.3, 0.4) is 0 Å². The molecule has 224 valence electrons. The minimum absolute atomic E-state index is 0.0575. The summed E-state index contributed by atoms with van der Waals surface area (Å²) in [5.74, 6) is -0.545. The number of nitrogens with zero attached hydrogens (tertiary/aromatic N) is 6. The zero-order valence-electron chi connectivity index (χ0n) is 24.6. The molecule has 13 heteroatoms. The van der Waals surface area contributed by atoms with Gasteiger partial charge in [0, 0.05) is 49.7 Å². The molecule has 1 aliphatic rings. The summed E-state index contributed by atoms with van der Waals surface area (Å²) in [4.78, 5) is 30.1. The second kappa shape index (κ2) is 12.7. The van der Waals surface area contributed by atoms with Gasteiger partial charge in [0.15, 0.2) is 5.11 Å². The third-order valence-electron chi connectivity index (χ3n) is 7.51. The average molecular weight is 603 g/mol. The molecule has 2 N–H and O–H groups in total. The van der Waals surface area contributed by atoms with Crippen LogP contribution in [0.5, 0.6) is 0 Å². The molecule has 1 fully saturated rings. The second-order valence-corrected chi connectivity index (χ2v) is 10.7. The number of nitrogens with one attached hydrogen (secondary N) is 2. The molecule has 0 spiro atoms. The van der Waals surface area contributed by atoms with E-state index in [1.807, 2.05) is 36.9 Å². The van der Waals surface area contributed by atoms with Gasteiger partial charge in [0.1, 0.15) is 11.0 Å². The van der Waals surface area contributed by atoms with Gasteiger partial charge in [-0.25, -0.2) is 0 Å².